The molecule has 0 heterocycles. The van der Waals surface area contributed by atoms with Gasteiger partial charge in [-0.1, -0.05) is 12.2 Å². The number of hydrogen-bond donors (Lipinski definition) is 1. The minimum Gasteiger partial charge on any atom is -0.495 e. The van der Waals surface area contributed by atoms with Gasteiger partial charge < -0.3 is 14.6 Å². The molecule has 3 nitrogen and oxygen atoms in total. The Kier molecular flexibility index (Phi) is 4.90. The molecule has 0 aromatic heterocycles. The monoisotopic (exact) mass is 320 g/mol. The maximum atomic E-state index is 8.68. The van der Waals surface area contributed by atoms with Crippen LogP contribution in [0, 0.1) is 3.57 Å². The van der Waals surface area contributed by atoms with E-state index >= 15 is 0 Å². The van der Waals surface area contributed by atoms with Crippen molar-refractivity contribution in [3.8, 4) is 11.5 Å². The Morgan fingerprint density at radius 3 is 2.20 bits per heavy atom. The Hall–Kier alpha value is -0.750. The smallest absolute Gasteiger partial charge is 0.136 e. The first-order chi connectivity index (χ1) is 7.22. The standard InChI is InChI=1S/C11H13IO3/c1-14-9-6-8(4-3-5-13)7-10(15-2)11(9)12/h3-4,6-7,13H,5H2,1-2H3/b4-3+. The Morgan fingerprint density at radius 2 is 1.80 bits per heavy atom. The first-order valence-corrected chi connectivity index (χ1v) is 5.49. The first-order valence-electron chi connectivity index (χ1n) is 4.41. The van der Waals surface area contributed by atoms with Crippen LogP contribution in [0.25, 0.3) is 6.08 Å². The van der Waals surface area contributed by atoms with E-state index < -0.39 is 0 Å². The summed E-state index contributed by atoms with van der Waals surface area (Å²) in [5.74, 6) is 1.54. The number of benzene rings is 1. The van der Waals surface area contributed by atoms with E-state index in [0.29, 0.717) is 0 Å². The second-order valence-electron chi connectivity index (χ2n) is 2.82. The molecule has 82 valence electrons. The average Bonchev–Trinajstić information content (AvgIpc) is 2.27. The summed E-state index contributed by atoms with van der Waals surface area (Å²) in [4.78, 5) is 0. The fourth-order valence-corrected chi connectivity index (χ4v) is 1.93. The molecule has 0 unspecified atom stereocenters. The summed E-state index contributed by atoms with van der Waals surface area (Å²) in [5, 5.41) is 8.68. The van der Waals surface area contributed by atoms with E-state index in [0.717, 1.165) is 20.6 Å². The molecule has 0 fully saturated rings. The van der Waals surface area contributed by atoms with Gasteiger partial charge in [0.15, 0.2) is 0 Å². The van der Waals surface area contributed by atoms with Crippen molar-refractivity contribution in [1.29, 1.82) is 0 Å². The highest BCUT2D eigenvalue weighted by Crippen LogP contribution is 2.32. The van der Waals surface area contributed by atoms with E-state index in [-0.39, 0.29) is 6.61 Å². The van der Waals surface area contributed by atoms with Crippen molar-refractivity contribution in [3.63, 3.8) is 0 Å². The van der Waals surface area contributed by atoms with E-state index in [1.165, 1.54) is 0 Å². The predicted molar refractivity (Wildman–Crippen MR) is 68.4 cm³/mol. The van der Waals surface area contributed by atoms with Gasteiger partial charge in [-0.05, 0) is 40.3 Å². The van der Waals surface area contributed by atoms with Crippen LogP contribution in [0.15, 0.2) is 18.2 Å². The normalized spacial score (nSPS) is 10.7. The van der Waals surface area contributed by atoms with Gasteiger partial charge >= 0.3 is 0 Å². The lowest BCUT2D eigenvalue weighted by Crippen LogP contribution is -1.93. The second kappa shape index (κ2) is 5.97. The molecule has 0 aliphatic rings. The maximum Gasteiger partial charge on any atom is 0.136 e. The minimum absolute atomic E-state index is 0.0244. The zero-order valence-electron chi connectivity index (χ0n) is 8.66. The van der Waals surface area contributed by atoms with Gasteiger partial charge in [-0.2, -0.15) is 0 Å². The Bertz CT molecular complexity index is 336. The molecule has 1 N–H and O–H groups in total. The van der Waals surface area contributed by atoms with Crippen molar-refractivity contribution in [2.24, 2.45) is 0 Å². The largest absolute Gasteiger partial charge is 0.495 e. The van der Waals surface area contributed by atoms with Crippen LogP contribution >= 0.6 is 22.6 Å². The summed E-state index contributed by atoms with van der Waals surface area (Å²) >= 11 is 2.17. The molecule has 0 atom stereocenters. The van der Waals surface area contributed by atoms with E-state index in [1.807, 2.05) is 18.2 Å². The van der Waals surface area contributed by atoms with E-state index in [1.54, 1.807) is 20.3 Å². The molecule has 0 amide bonds. The molecule has 0 bridgehead atoms. The maximum absolute atomic E-state index is 8.68. The lowest BCUT2D eigenvalue weighted by atomic mass is 10.2. The highest BCUT2D eigenvalue weighted by atomic mass is 127. The summed E-state index contributed by atoms with van der Waals surface area (Å²) in [6, 6.07) is 3.80. The molecule has 0 spiro atoms. The van der Waals surface area contributed by atoms with Crippen molar-refractivity contribution in [2.45, 2.75) is 0 Å². The third-order valence-electron chi connectivity index (χ3n) is 1.88. The summed E-state index contributed by atoms with van der Waals surface area (Å²) in [7, 11) is 3.24. The van der Waals surface area contributed by atoms with Crippen LogP contribution in [0.3, 0.4) is 0 Å². The summed E-state index contributed by atoms with van der Waals surface area (Å²) in [6.07, 6.45) is 3.49. The molecule has 0 saturated carbocycles. The minimum atomic E-state index is 0.0244. The number of methoxy groups -OCH3 is 2. The number of aliphatic hydroxyl groups is 1. The topological polar surface area (TPSA) is 38.7 Å². The van der Waals surface area contributed by atoms with Gasteiger partial charge in [0.2, 0.25) is 0 Å². The molecule has 15 heavy (non-hydrogen) atoms. The Labute approximate surface area is 103 Å². The summed E-state index contributed by atoms with van der Waals surface area (Å²) in [5.41, 5.74) is 0.943. The third-order valence-corrected chi connectivity index (χ3v) is 2.95. The molecule has 4 heteroatoms. The molecule has 0 radical (unpaired) electrons. The third kappa shape index (κ3) is 3.10. The summed E-state index contributed by atoms with van der Waals surface area (Å²) in [6.45, 7) is 0.0244. The second-order valence-corrected chi connectivity index (χ2v) is 3.90. The van der Waals surface area contributed by atoms with Crippen molar-refractivity contribution in [1.82, 2.24) is 0 Å². The van der Waals surface area contributed by atoms with E-state index in [4.69, 9.17) is 14.6 Å². The van der Waals surface area contributed by atoms with Crippen LogP contribution in [0.4, 0.5) is 0 Å². The van der Waals surface area contributed by atoms with Crippen LogP contribution in [0.5, 0.6) is 11.5 Å². The molecule has 1 aromatic carbocycles. The van der Waals surface area contributed by atoms with Gasteiger partial charge in [-0.15, -0.1) is 0 Å². The van der Waals surface area contributed by atoms with Gasteiger partial charge in [0.1, 0.15) is 11.5 Å². The van der Waals surface area contributed by atoms with Gasteiger partial charge in [0.05, 0.1) is 24.4 Å². The zero-order chi connectivity index (χ0) is 11.3. The molecule has 0 aliphatic heterocycles. The zero-order valence-corrected chi connectivity index (χ0v) is 10.8. The van der Waals surface area contributed by atoms with Crippen LogP contribution in [0.2, 0.25) is 0 Å². The van der Waals surface area contributed by atoms with Crippen LogP contribution in [-0.4, -0.2) is 25.9 Å². The lowest BCUT2D eigenvalue weighted by Gasteiger charge is -2.09. The van der Waals surface area contributed by atoms with Crippen LogP contribution in [0.1, 0.15) is 5.56 Å². The average molecular weight is 320 g/mol. The number of halogens is 1. The highest BCUT2D eigenvalue weighted by Gasteiger charge is 2.07. The van der Waals surface area contributed by atoms with Gasteiger partial charge in [-0.25, -0.2) is 0 Å². The molecule has 0 aliphatic carbocycles. The van der Waals surface area contributed by atoms with E-state index in [9.17, 15) is 0 Å². The molecule has 1 rings (SSSR count). The molecule has 0 saturated heterocycles. The van der Waals surface area contributed by atoms with Crippen molar-refractivity contribution in [2.75, 3.05) is 20.8 Å². The van der Waals surface area contributed by atoms with Crippen molar-refractivity contribution in [3.05, 3.63) is 27.3 Å². The summed E-state index contributed by atoms with van der Waals surface area (Å²) < 4.78 is 11.4. The van der Waals surface area contributed by atoms with Crippen LogP contribution in [-0.2, 0) is 0 Å². The predicted octanol–water partition coefficient (Wildman–Crippen LogP) is 2.31. The fraction of sp³-hybridized carbons (Fsp3) is 0.273. The van der Waals surface area contributed by atoms with Gasteiger partial charge in [0.25, 0.3) is 0 Å². The Balaban J connectivity index is 3.14. The molecular weight excluding hydrogens is 307 g/mol. The lowest BCUT2D eigenvalue weighted by molar-refractivity contribution is 0.343. The molecule has 1 aromatic rings. The molecular formula is C11H13IO3. The fourth-order valence-electron chi connectivity index (χ4n) is 1.17. The Morgan fingerprint density at radius 1 is 1.27 bits per heavy atom. The highest BCUT2D eigenvalue weighted by molar-refractivity contribution is 14.1. The number of aliphatic hydroxyl groups excluding tert-OH is 1. The van der Waals surface area contributed by atoms with Gasteiger partial charge in [0, 0.05) is 0 Å². The number of hydrogen-bond acceptors (Lipinski definition) is 3. The van der Waals surface area contributed by atoms with Crippen molar-refractivity contribution >= 4 is 28.7 Å². The quantitative estimate of drug-likeness (QED) is 0.866. The van der Waals surface area contributed by atoms with Crippen molar-refractivity contribution < 1.29 is 14.6 Å². The van der Waals surface area contributed by atoms with Gasteiger partial charge in [-0.3, -0.25) is 0 Å². The number of rotatable bonds is 4. The SMILES string of the molecule is COc1cc(/C=C/CO)cc(OC)c1I. The van der Waals surface area contributed by atoms with Crippen LogP contribution < -0.4 is 9.47 Å². The van der Waals surface area contributed by atoms with E-state index in [2.05, 4.69) is 22.6 Å². The first kappa shape index (κ1) is 12.3. The number of ether oxygens (including phenoxy) is 2.